The molecule has 0 aliphatic rings. The molecule has 0 aliphatic heterocycles. The minimum Gasteiger partial charge on any atom is -0.325 e. The van der Waals surface area contributed by atoms with E-state index in [1.54, 1.807) is 11.3 Å². The van der Waals surface area contributed by atoms with Crippen LogP contribution in [0.1, 0.15) is 42.8 Å². The molecule has 1 amide bonds. The van der Waals surface area contributed by atoms with Crippen LogP contribution in [0.25, 0.3) is 11.4 Å². The molecule has 0 saturated heterocycles. The van der Waals surface area contributed by atoms with Crippen molar-refractivity contribution in [1.82, 2.24) is 14.8 Å². The Balaban J connectivity index is 1.77. The predicted molar refractivity (Wildman–Crippen MR) is 118 cm³/mol. The van der Waals surface area contributed by atoms with E-state index in [1.165, 1.54) is 22.2 Å². The van der Waals surface area contributed by atoms with Gasteiger partial charge in [-0.25, -0.2) is 0 Å². The van der Waals surface area contributed by atoms with Gasteiger partial charge in [-0.3, -0.25) is 9.36 Å². The molecule has 0 atom stereocenters. The fourth-order valence-corrected chi connectivity index (χ4v) is 4.99. The largest absolute Gasteiger partial charge is 0.325 e. The zero-order valence-electron chi connectivity index (χ0n) is 16.9. The number of aromatic nitrogens is 3. The molecule has 0 unspecified atom stereocenters. The van der Waals surface area contributed by atoms with Crippen LogP contribution >= 0.6 is 23.1 Å². The van der Waals surface area contributed by atoms with Gasteiger partial charge in [0.25, 0.3) is 0 Å². The van der Waals surface area contributed by atoms with Crippen LogP contribution in [0.2, 0.25) is 0 Å². The number of carbonyl (C=O) groups excluding carboxylic acids is 1. The van der Waals surface area contributed by atoms with E-state index in [2.05, 4.69) is 53.2 Å². The Kier molecular flexibility index (Phi) is 6.57. The summed E-state index contributed by atoms with van der Waals surface area (Å²) in [4.78, 5) is 13.7. The van der Waals surface area contributed by atoms with Gasteiger partial charge < -0.3 is 5.32 Å². The second-order valence-electron chi connectivity index (χ2n) is 7.01. The molecule has 148 valence electrons. The van der Waals surface area contributed by atoms with Crippen LogP contribution in [0.3, 0.4) is 0 Å². The summed E-state index contributed by atoms with van der Waals surface area (Å²) >= 11 is 3.17. The first kappa shape index (κ1) is 20.6. The van der Waals surface area contributed by atoms with Crippen LogP contribution in [0, 0.1) is 13.8 Å². The highest BCUT2D eigenvalue weighted by atomic mass is 32.2. The normalized spacial score (nSPS) is 11.2. The van der Waals surface area contributed by atoms with E-state index in [9.17, 15) is 4.79 Å². The minimum atomic E-state index is -0.0453. The summed E-state index contributed by atoms with van der Waals surface area (Å²) in [6.07, 6.45) is 0.969. The molecule has 0 radical (unpaired) electrons. The topological polar surface area (TPSA) is 59.8 Å². The van der Waals surface area contributed by atoms with Gasteiger partial charge in [-0.2, -0.15) is 0 Å². The van der Waals surface area contributed by atoms with Gasteiger partial charge in [0.1, 0.15) is 0 Å². The number of anilines is 1. The molecule has 3 rings (SSSR count). The number of rotatable bonds is 7. The van der Waals surface area contributed by atoms with E-state index < -0.39 is 0 Å². The minimum absolute atomic E-state index is 0.0453. The molecule has 0 spiro atoms. The maximum Gasteiger partial charge on any atom is 0.234 e. The van der Waals surface area contributed by atoms with Crippen molar-refractivity contribution in [2.24, 2.45) is 0 Å². The van der Waals surface area contributed by atoms with Gasteiger partial charge in [0.2, 0.25) is 5.91 Å². The fraction of sp³-hybridized carbons (Fsp3) is 0.381. The molecule has 7 heteroatoms. The van der Waals surface area contributed by atoms with Crippen molar-refractivity contribution in [2.75, 3.05) is 11.1 Å². The van der Waals surface area contributed by atoms with Crippen LogP contribution in [-0.4, -0.2) is 26.4 Å². The van der Waals surface area contributed by atoms with E-state index in [0.717, 1.165) is 34.2 Å². The lowest BCUT2D eigenvalue weighted by Crippen LogP contribution is -2.15. The molecule has 2 heterocycles. The third-order valence-corrected chi connectivity index (χ3v) is 6.41. The molecule has 0 saturated carbocycles. The summed E-state index contributed by atoms with van der Waals surface area (Å²) in [7, 11) is 0. The molecule has 1 aromatic carbocycles. The lowest BCUT2D eigenvalue weighted by molar-refractivity contribution is -0.113. The number of aryl methyl sites for hydroxylation is 2. The van der Waals surface area contributed by atoms with Crippen LogP contribution in [0.15, 0.2) is 34.8 Å². The summed E-state index contributed by atoms with van der Waals surface area (Å²) in [5.41, 5.74) is 4.42. The second kappa shape index (κ2) is 8.92. The quantitative estimate of drug-likeness (QED) is 0.519. The summed E-state index contributed by atoms with van der Waals surface area (Å²) in [5.74, 6) is 1.14. The summed E-state index contributed by atoms with van der Waals surface area (Å²) < 4.78 is 2.13. The van der Waals surface area contributed by atoms with Gasteiger partial charge in [0.05, 0.1) is 5.75 Å². The molecule has 3 aromatic rings. The summed E-state index contributed by atoms with van der Waals surface area (Å²) in [5, 5.41) is 14.7. The molecule has 0 aliphatic carbocycles. The third kappa shape index (κ3) is 4.47. The zero-order chi connectivity index (χ0) is 20.3. The number of hydrogen-bond acceptors (Lipinski definition) is 5. The lowest BCUT2D eigenvalue weighted by Gasteiger charge is -2.14. The van der Waals surface area contributed by atoms with Crippen molar-refractivity contribution in [3.63, 3.8) is 0 Å². The predicted octanol–water partition coefficient (Wildman–Crippen LogP) is 5.50. The molecular weight excluding hydrogens is 388 g/mol. The zero-order valence-corrected chi connectivity index (χ0v) is 18.6. The van der Waals surface area contributed by atoms with Crippen molar-refractivity contribution >= 4 is 34.7 Å². The van der Waals surface area contributed by atoms with Gasteiger partial charge >= 0.3 is 0 Å². The van der Waals surface area contributed by atoms with E-state index in [4.69, 9.17) is 0 Å². The molecule has 2 aromatic heterocycles. The summed E-state index contributed by atoms with van der Waals surface area (Å²) in [6.45, 7) is 10.6. The van der Waals surface area contributed by atoms with E-state index in [-0.39, 0.29) is 11.9 Å². The van der Waals surface area contributed by atoms with E-state index in [1.807, 2.05) is 31.2 Å². The summed E-state index contributed by atoms with van der Waals surface area (Å²) in [6, 6.07) is 8.01. The molecular formula is C21H26N4OS2. The number of carbonyl (C=O) groups is 1. The van der Waals surface area contributed by atoms with Crippen LogP contribution in [0.4, 0.5) is 5.69 Å². The standard InChI is InChI=1S/C21H26N4OS2/c1-6-17-15(5)27-11-18(17)20-23-24-21(25(20)13(2)3)28-12-19(26)22-16-9-7-8-14(4)10-16/h7-11,13H,6,12H2,1-5H3,(H,22,26). The van der Waals surface area contributed by atoms with Gasteiger partial charge in [-0.15, -0.1) is 21.5 Å². The Hall–Kier alpha value is -2.12. The Bertz CT molecular complexity index is 975. The molecule has 28 heavy (non-hydrogen) atoms. The maximum atomic E-state index is 12.4. The van der Waals surface area contributed by atoms with Crippen molar-refractivity contribution in [1.29, 1.82) is 0 Å². The number of thiophene rings is 1. The first-order valence-electron chi connectivity index (χ1n) is 9.42. The number of thioether (sulfide) groups is 1. The van der Waals surface area contributed by atoms with E-state index >= 15 is 0 Å². The van der Waals surface area contributed by atoms with Crippen molar-refractivity contribution in [3.05, 3.63) is 45.6 Å². The van der Waals surface area contributed by atoms with Gasteiger partial charge in [-0.1, -0.05) is 30.8 Å². The first-order valence-corrected chi connectivity index (χ1v) is 11.3. The fourth-order valence-electron chi connectivity index (χ4n) is 3.18. The first-order chi connectivity index (χ1) is 13.4. The lowest BCUT2D eigenvalue weighted by atomic mass is 10.1. The molecule has 0 fully saturated rings. The van der Waals surface area contributed by atoms with Crippen molar-refractivity contribution in [3.8, 4) is 11.4 Å². The van der Waals surface area contributed by atoms with E-state index in [0.29, 0.717) is 5.75 Å². The van der Waals surface area contributed by atoms with Crippen LogP contribution in [0.5, 0.6) is 0 Å². The Morgan fingerprint density at radius 2 is 2.07 bits per heavy atom. The maximum absolute atomic E-state index is 12.4. The second-order valence-corrected chi connectivity index (χ2v) is 9.04. The van der Waals surface area contributed by atoms with Crippen LogP contribution < -0.4 is 5.32 Å². The monoisotopic (exact) mass is 414 g/mol. The Morgan fingerprint density at radius 1 is 1.29 bits per heavy atom. The van der Waals surface area contributed by atoms with Crippen LogP contribution in [-0.2, 0) is 11.2 Å². The average molecular weight is 415 g/mol. The average Bonchev–Trinajstić information content (AvgIpc) is 3.22. The highest BCUT2D eigenvalue weighted by molar-refractivity contribution is 7.99. The Labute approximate surface area is 174 Å². The molecule has 1 N–H and O–H groups in total. The van der Waals surface area contributed by atoms with Gasteiger partial charge in [0.15, 0.2) is 11.0 Å². The number of amides is 1. The number of nitrogens with zero attached hydrogens (tertiary/aromatic N) is 3. The van der Waals surface area contributed by atoms with Gasteiger partial charge in [-0.05, 0) is 57.4 Å². The number of hydrogen-bond donors (Lipinski definition) is 1. The highest BCUT2D eigenvalue weighted by Crippen LogP contribution is 2.34. The SMILES string of the molecule is CCc1c(-c2nnc(SCC(=O)Nc3cccc(C)c3)n2C(C)C)csc1C. The Morgan fingerprint density at radius 3 is 2.75 bits per heavy atom. The smallest absolute Gasteiger partial charge is 0.234 e. The van der Waals surface area contributed by atoms with Gasteiger partial charge in [0, 0.05) is 27.5 Å². The third-order valence-electron chi connectivity index (χ3n) is 4.51. The number of nitrogens with one attached hydrogen (secondary N) is 1. The number of benzene rings is 1. The highest BCUT2D eigenvalue weighted by Gasteiger charge is 2.21. The van der Waals surface area contributed by atoms with Crippen molar-refractivity contribution < 1.29 is 4.79 Å². The van der Waals surface area contributed by atoms with Crippen molar-refractivity contribution in [2.45, 2.75) is 52.2 Å². The molecule has 0 bridgehead atoms. The molecule has 5 nitrogen and oxygen atoms in total.